The second kappa shape index (κ2) is 5.82. The minimum atomic E-state index is -2.01. The number of halogens is 1. The summed E-state index contributed by atoms with van der Waals surface area (Å²) in [4.78, 5) is 10.2. The molecule has 3 nitrogen and oxygen atoms in total. The first-order valence-corrected chi connectivity index (χ1v) is 8.29. The van der Waals surface area contributed by atoms with Gasteiger partial charge in [0.2, 0.25) is 6.20 Å². The van der Waals surface area contributed by atoms with Gasteiger partial charge < -0.3 is 0 Å². The van der Waals surface area contributed by atoms with Crippen LogP contribution in [0.1, 0.15) is 41.5 Å². The van der Waals surface area contributed by atoms with E-state index in [4.69, 9.17) is 11.6 Å². The Morgan fingerprint density at radius 3 is 1.62 bits per heavy atom. The molecule has 0 aromatic carbocycles. The first-order chi connectivity index (χ1) is 7.17. The Morgan fingerprint density at radius 1 is 1.12 bits per heavy atom. The van der Waals surface area contributed by atoms with E-state index in [0.717, 1.165) is 6.20 Å². The van der Waals surface area contributed by atoms with Crippen molar-refractivity contribution < 1.29 is 4.92 Å². The van der Waals surface area contributed by atoms with Crippen LogP contribution in [0.3, 0.4) is 0 Å². The zero-order chi connectivity index (χ0) is 13.1. The van der Waals surface area contributed by atoms with Crippen LogP contribution in [-0.2, 0) is 0 Å². The van der Waals surface area contributed by atoms with Gasteiger partial charge in [0.15, 0.2) is 0 Å². The van der Waals surface area contributed by atoms with Crippen molar-refractivity contribution in [3.8, 4) is 0 Å². The molecule has 0 amide bonds. The van der Waals surface area contributed by atoms with E-state index in [1.807, 2.05) is 0 Å². The van der Waals surface area contributed by atoms with E-state index in [1.54, 1.807) is 0 Å². The van der Waals surface area contributed by atoms with Crippen LogP contribution < -0.4 is 0 Å². The quantitative estimate of drug-likeness (QED) is 0.415. The van der Waals surface area contributed by atoms with E-state index in [-0.39, 0.29) is 0 Å². The van der Waals surface area contributed by atoms with Crippen molar-refractivity contribution in [2.45, 2.75) is 58.2 Å². The molecule has 0 rings (SSSR count). The van der Waals surface area contributed by atoms with Crippen molar-refractivity contribution in [2.75, 3.05) is 0 Å². The fourth-order valence-corrected chi connectivity index (χ4v) is 11.1. The van der Waals surface area contributed by atoms with Crippen molar-refractivity contribution in [3.05, 3.63) is 21.0 Å². The van der Waals surface area contributed by atoms with E-state index in [1.165, 1.54) is 0 Å². The van der Waals surface area contributed by atoms with Gasteiger partial charge in [0.25, 0.3) is 0 Å². The third-order valence-corrected chi connectivity index (χ3v) is 11.3. The van der Waals surface area contributed by atoms with Gasteiger partial charge in [-0.15, -0.1) is 0 Å². The molecule has 0 aliphatic heterocycles. The molecule has 94 valence electrons. The Kier molecular flexibility index (Phi) is 5.69. The van der Waals surface area contributed by atoms with Gasteiger partial charge in [-0.25, -0.2) is 0 Å². The van der Waals surface area contributed by atoms with Crippen LogP contribution in [-0.4, -0.2) is 13.0 Å². The van der Waals surface area contributed by atoms with Crippen molar-refractivity contribution in [1.29, 1.82) is 0 Å². The molecule has 0 bridgehead atoms. The average Bonchev–Trinajstić information content (AvgIpc) is 1.99. The van der Waals surface area contributed by atoms with E-state index in [0.29, 0.717) is 21.3 Å². The summed E-state index contributed by atoms with van der Waals surface area (Å²) in [6.07, 6.45) is 1.01. The summed E-state index contributed by atoms with van der Waals surface area (Å²) in [5.41, 5.74) is 1.20. The molecule has 0 heterocycles. The topological polar surface area (TPSA) is 43.1 Å². The minimum Gasteiger partial charge on any atom is -0.259 e. The van der Waals surface area contributed by atoms with Crippen LogP contribution in [0.5, 0.6) is 0 Å². The summed E-state index contributed by atoms with van der Waals surface area (Å²) in [5.74, 6) is 0. The van der Waals surface area contributed by atoms with Gasteiger partial charge in [0.1, 0.15) is 8.07 Å². The van der Waals surface area contributed by atoms with Crippen LogP contribution in [0.15, 0.2) is 10.9 Å². The van der Waals surface area contributed by atoms with Gasteiger partial charge in [0.05, 0.1) is 9.58 Å². The predicted molar refractivity (Wildman–Crippen MR) is 72.0 cm³/mol. The smallest absolute Gasteiger partial charge is 0.244 e. The molecule has 0 spiro atoms. The lowest BCUT2D eigenvalue weighted by Crippen LogP contribution is -2.45. The largest absolute Gasteiger partial charge is 0.259 e. The molecule has 5 heteroatoms. The van der Waals surface area contributed by atoms with Crippen molar-refractivity contribution in [2.24, 2.45) is 0 Å². The zero-order valence-corrected chi connectivity index (χ0v) is 12.7. The SMILES string of the molecule is CC(C)[Si](/C(Cl)=C\[N+](=O)[O-])(C(C)C)C(C)C. The maximum atomic E-state index is 10.6. The second-order valence-corrected chi connectivity index (χ2v) is 11.8. The Balaban J connectivity index is 5.62. The second-order valence-electron chi connectivity index (χ2n) is 5.16. The molecule has 0 aromatic heterocycles. The standard InChI is InChI=1S/C11H22ClNO2Si/c1-8(2)16(9(3)4,10(5)6)11(12)7-13(14)15/h7-10H,1-6H3/b11-7-. The predicted octanol–water partition coefficient (Wildman–Crippen LogP) is 4.56. The number of hydrogen-bond donors (Lipinski definition) is 0. The Bertz CT molecular complexity index is 266. The van der Waals surface area contributed by atoms with Gasteiger partial charge >= 0.3 is 0 Å². The Hall–Kier alpha value is -0.353. The summed E-state index contributed by atoms with van der Waals surface area (Å²) in [6.45, 7) is 12.8. The molecule has 0 fully saturated rings. The summed E-state index contributed by atoms with van der Waals surface area (Å²) in [7, 11) is -2.01. The summed E-state index contributed by atoms with van der Waals surface area (Å²) in [5, 5.41) is 10.6. The number of hydrogen-bond acceptors (Lipinski definition) is 2. The number of rotatable bonds is 5. The molecule has 0 aliphatic rings. The van der Waals surface area contributed by atoms with Crippen LogP contribution in [0.4, 0.5) is 0 Å². The van der Waals surface area contributed by atoms with Crippen LogP contribution >= 0.6 is 11.6 Å². The van der Waals surface area contributed by atoms with E-state index < -0.39 is 13.0 Å². The molecular weight excluding hydrogens is 242 g/mol. The highest BCUT2D eigenvalue weighted by Crippen LogP contribution is 2.47. The maximum Gasteiger partial charge on any atom is 0.244 e. The average molecular weight is 264 g/mol. The molecular formula is C11H22ClNO2Si. The van der Waals surface area contributed by atoms with Crippen molar-refractivity contribution in [3.63, 3.8) is 0 Å². The summed E-state index contributed by atoms with van der Waals surface area (Å²) in [6, 6.07) is 0. The van der Waals surface area contributed by atoms with Crippen LogP contribution in [0.2, 0.25) is 16.6 Å². The molecule has 0 saturated heterocycles. The van der Waals surface area contributed by atoms with Crippen LogP contribution in [0.25, 0.3) is 0 Å². The van der Waals surface area contributed by atoms with Crippen molar-refractivity contribution in [1.82, 2.24) is 0 Å². The lowest BCUT2D eigenvalue weighted by atomic mass is 10.5. The summed E-state index contributed by atoms with van der Waals surface area (Å²) >= 11 is 6.26. The normalized spacial score (nSPS) is 14.0. The molecule has 0 radical (unpaired) electrons. The van der Waals surface area contributed by atoms with Gasteiger partial charge in [-0.3, -0.25) is 10.1 Å². The fourth-order valence-electron chi connectivity index (χ4n) is 3.03. The number of nitrogens with zero attached hydrogens (tertiary/aromatic N) is 1. The molecule has 0 atom stereocenters. The number of nitro groups is 1. The lowest BCUT2D eigenvalue weighted by molar-refractivity contribution is -0.402. The highest BCUT2D eigenvalue weighted by molar-refractivity contribution is 6.96. The minimum absolute atomic E-state index is 0.399. The van der Waals surface area contributed by atoms with E-state index in [9.17, 15) is 10.1 Å². The summed E-state index contributed by atoms with van der Waals surface area (Å²) < 4.78 is 0.498. The molecule has 0 aliphatic carbocycles. The molecule has 0 N–H and O–H groups in total. The highest BCUT2D eigenvalue weighted by Gasteiger charge is 2.47. The maximum absolute atomic E-state index is 10.6. The monoisotopic (exact) mass is 263 g/mol. The fraction of sp³-hybridized carbons (Fsp3) is 0.818. The zero-order valence-electron chi connectivity index (χ0n) is 11.0. The first-order valence-electron chi connectivity index (χ1n) is 5.68. The van der Waals surface area contributed by atoms with Crippen molar-refractivity contribution >= 4 is 19.7 Å². The van der Waals surface area contributed by atoms with E-state index in [2.05, 4.69) is 41.5 Å². The van der Waals surface area contributed by atoms with Gasteiger partial charge in [-0.1, -0.05) is 53.1 Å². The molecule has 0 saturated carbocycles. The molecule has 16 heavy (non-hydrogen) atoms. The molecule has 0 aromatic rings. The van der Waals surface area contributed by atoms with Gasteiger partial charge in [-0.05, 0) is 16.6 Å². The Labute approximate surface area is 104 Å². The molecule has 0 unspecified atom stereocenters. The highest BCUT2D eigenvalue weighted by atomic mass is 35.5. The van der Waals surface area contributed by atoms with Gasteiger partial charge in [-0.2, -0.15) is 0 Å². The lowest BCUT2D eigenvalue weighted by Gasteiger charge is -2.41. The van der Waals surface area contributed by atoms with Crippen LogP contribution in [0, 0.1) is 10.1 Å². The Morgan fingerprint density at radius 2 is 1.44 bits per heavy atom. The third-order valence-electron chi connectivity index (χ3n) is 3.50. The third kappa shape index (κ3) is 2.86. The van der Waals surface area contributed by atoms with Gasteiger partial charge in [0, 0.05) is 0 Å². The van der Waals surface area contributed by atoms with E-state index >= 15 is 0 Å². The first kappa shape index (κ1) is 15.6.